The molecule has 1 fully saturated rings. The molecule has 1 aromatic heterocycles. The van der Waals surface area contributed by atoms with Gasteiger partial charge in [0.1, 0.15) is 17.3 Å². The third kappa shape index (κ3) is 5.82. The minimum absolute atomic E-state index is 0.00347. The van der Waals surface area contributed by atoms with Crippen LogP contribution in [0.1, 0.15) is 59.7 Å². The first-order valence-corrected chi connectivity index (χ1v) is 11.7. The normalized spacial score (nSPS) is 21.0. The summed E-state index contributed by atoms with van der Waals surface area (Å²) in [5.74, 6) is 1.57. The Hall–Kier alpha value is -2.47. The Bertz CT molecular complexity index is 881. The molecular weight excluding hydrogens is 388 g/mol. The monoisotopic (exact) mass is 422 g/mol. The largest absolute Gasteiger partial charge is 0.494 e. The third-order valence-corrected chi connectivity index (χ3v) is 6.38. The van der Waals surface area contributed by atoms with E-state index in [4.69, 9.17) is 4.74 Å². The fourth-order valence-corrected chi connectivity index (χ4v) is 4.80. The van der Waals surface area contributed by atoms with Gasteiger partial charge in [-0.05, 0) is 76.3 Å². The van der Waals surface area contributed by atoms with Gasteiger partial charge in [-0.25, -0.2) is 9.97 Å². The molecule has 3 heterocycles. The quantitative estimate of drug-likeness (QED) is 0.700. The number of fused-ring (bicyclic) bond motifs is 3. The summed E-state index contributed by atoms with van der Waals surface area (Å²) in [4.78, 5) is 26.6. The lowest BCUT2D eigenvalue weighted by Gasteiger charge is -2.37. The predicted molar refractivity (Wildman–Crippen MR) is 121 cm³/mol. The van der Waals surface area contributed by atoms with Crippen molar-refractivity contribution in [2.45, 2.75) is 58.4 Å². The molecule has 1 atom stereocenters. The maximum Gasteiger partial charge on any atom is 0.272 e. The fourth-order valence-electron chi connectivity index (χ4n) is 4.80. The van der Waals surface area contributed by atoms with E-state index in [1.807, 2.05) is 24.8 Å². The van der Waals surface area contributed by atoms with E-state index < -0.39 is 0 Å². The van der Waals surface area contributed by atoms with Crippen molar-refractivity contribution < 1.29 is 9.53 Å². The highest BCUT2D eigenvalue weighted by Gasteiger charge is 2.25. The number of ether oxygens (including phenoxy) is 1. The lowest BCUT2D eigenvalue weighted by molar-refractivity contribution is 0.0676. The Labute approximate surface area is 185 Å². The molecule has 0 saturated carbocycles. The van der Waals surface area contributed by atoms with Crippen molar-refractivity contribution in [3.05, 3.63) is 53.1 Å². The second-order valence-corrected chi connectivity index (χ2v) is 8.81. The molecule has 0 radical (unpaired) electrons. The van der Waals surface area contributed by atoms with Crippen LogP contribution in [0.25, 0.3) is 0 Å². The second-order valence-electron chi connectivity index (χ2n) is 8.81. The van der Waals surface area contributed by atoms with Crippen molar-refractivity contribution in [1.82, 2.24) is 19.8 Å². The minimum Gasteiger partial charge on any atom is -0.494 e. The molecule has 2 aliphatic heterocycles. The first-order valence-electron chi connectivity index (χ1n) is 11.7. The van der Waals surface area contributed by atoms with E-state index in [0.717, 1.165) is 50.3 Å². The molecule has 1 amide bonds. The van der Waals surface area contributed by atoms with Crippen LogP contribution in [0.4, 0.5) is 0 Å². The number of carbonyl (C=O) groups excluding carboxylic acids is 1. The fraction of sp³-hybridized carbons (Fsp3) is 0.560. The van der Waals surface area contributed by atoms with Gasteiger partial charge in [-0.15, -0.1) is 0 Å². The van der Waals surface area contributed by atoms with Crippen molar-refractivity contribution in [2.75, 3.05) is 32.8 Å². The average Bonchev–Trinajstić information content (AvgIpc) is 2.76. The maximum atomic E-state index is 13.3. The molecule has 2 bridgehead atoms. The first kappa shape index (κ1) is 21.8. The van der Waals surface area contributed by atoms with E-state index in [1.165, 1.54) is 24.8 Å². The molecule has 0 N–H and O–H groups in total. The van der Waals surface area contributed by atoms with Crippen LogP contribution in [-0.4, -0.2) is 64.5 Å². The van der Waals surface area contributed by atoms with Crippen LogP contribution < -0.4 is 4.74 Å². The molecule has 2 aromatic rings. The highest BCUT2D eigenvalue weighted by Crippen LogP contribution is 2.23. The van der Waals surface area contributed by atoms with Crippen LogP contribution in [0.5, 0.6) is 5.75 Å². The highest BCUT2D eigenvalue weighted by atomic mass is 16.5. The summed E-state index contributed by atoms with van der Waals surface area (Å²) in [6.45, 7) is 7.78. The summed E-state index contributed by atoms with van der Waals surface area (Å²) in [6.07, 6.45) is 6.81. The Morgan fingerprint density at radius 1 is 1.00 bits per heavy atom. The van der Waals surface area contributed by atoms with Crippen LogP contribution >= 0.6 is 0 Å². The van der Waals surface area contributed by atoms with E-state index in [9.17, 15) is 4.79 Å². The number of carbonyl (C=O) groups is 1. The number of aryl methyl sites for hydroxylation is 3. The number of nitrogens with zero attached hydrogens (tertiary/aromatic N) is 4. The van der Waals surface area contributed by atoms with Crippen LogP contribution in [0.15, 0.2) is 30.3 Å². The molecule has 1 aromatic carbocycles. The molecule has 166 valence electrons. The number of rotatable bonds is 1. The molecule has 31 heavy (non-hydrogen) atoms. The van der Waals surface area contributed by atoms with Crippen molar-refractivity contribution in [2.24, 2.45) is 0 Å². The summed E-state index contributed by atoms with van der Waals surface area (Å²) in [6, 6.07) is 10.9. The van der Waals surface area contributed by atoms with E-state index in [-0.39, 0.29) is 5.91 Å². The number of aromatic nitrogens is 2. The maximum absolute atomic E-state index is 13.3. The summed E-state index contributed by atoms with van der Waals surface area (Å²) < 4.78 is 6.00. The predicted octanol–water partition coefficient (Wildman–Crippen LogP) is 3.81. The van der Waals surface area contributed by atoms with Crippen LogP contribution in [0.2, 0.25) is 0 Å². The molecule has 4 rings (SSSR count). The van der Waals surface area contributed by atoms with E-state index >= 15 is 0 Å². The topological polar surface area (TPSA) is 58.6 Å². The number of hydrogen-bond acceptors (Lipinski definition) is 5. The minimum atomic E-state index is -0.00347. The van der Waals surface area contributed by atoms with Crippen LogP contribution in [-0.2, 0) is 6.42 Å². The van der Waals surface area contributed by atoms with Gasteiger partial charge in [-0.2, -0.15) is 0 Å². The Morgan fingerprint density at radius 3 is 2.77 bits per heavy atom. The van der Waals surface area contributed by atoms with Crippen molar-refractivity contribution in [1.29, 1.82) is 0 Å². The summed E-state index contributed by atoms with van der Waals surface area (Å²) in [7, 11) is 0. The SMILES string of the molecule is Cc1cc(C(=O)N2CCCOc3cccc(c3)CCC3CCCCN3CC2)nc(C)n1. The van der Waals surface area contributed by atoms with Crippen molar-refractivity contribution >= 4 is 5.91 Å². The molecule has 1 saturated heterocycles. The second kappa shape index (κ2) is 10.2. The van der Waals surface area contributed by atoms with Gasteiger partial charge < -0.3 is 9.64 Å². The zero-order valence-corrected chi connectivity index (χ0v) is 18.8. The number of amides is 1. The van der Waals surface area contributed by atoms with Crippen LogP contribution in [0.3, 0.4) is 0 Å². The average molecular weight is 423 g/mol. The molecule has 6 heteroatoms. The van der Waals surface area contributed by atoms with Gasteiger partial charge in [0.2, 0.25) is 0 Å². The number of piperidine rings is 1. The van der Waals surface area contributed by atoms with Gasteiger partial charge in [0.05, 0.1) is 6.61 Å². The molecule has 0 aliphatic carbocycles. The standard InChI is InChI=1S/C25H34N4O2/c1-19-17-24(27-20(2)26-19)25(30)29-13-6-16-31-23-9-5-7-21(18-23)10-11-22-8-3-4-12-28(22)14-15-29/h5,7,9,17-18,22H,3-4,6,8,10-16H2,1-2H3. The molecule has 6 nitrogen and oxygen atoms in total. The first-order chi connectivity index (χ1) is 15.1. The van der Waals surface area contributed by atoms with Gasteiger partial charge in [-0.1, -0.05) is 18.6 Å². The molecule has 0 spiro atoms. The summed E-state index contributed by atoms with van der Waals surface area (Å²) >= 11 is 0. The van der Waals surface area contributed by atoms with E-state index in [0.29, 0.717) is 30.7 Å². The van der Waals surface area contributed by atoms with Crippen LogP contribution in [0, 0.1) is 13.8 Å². The van der Waals surface area contributed by atoms with Gasteiger partial charge in [0.25, 0.3) is 5.91 Å². The lowest BCUT2D eigenvalue weighted by atomic mass is 9.95. The third-order valence-electron chi connectivity index (χ3n) is 6.38. The Balaban J connectivity index is 1.53. The van der Waals surface area contributed by atoms with Gasteiger partial charge in [-0.3, -0.25) is 9.69 Å². The van der Waals surface area contributed by atoms with Crippen molar-refractivity contribution in [3.63, 3.8) is 0 Å². The van der Waals surface area contributed by atoms with E-state index in [1.54, 1.807) is 6.07 Å². The molecule has 2 aliphatic rings. The van der Waals surface area contributed by atoms with Gasteiger partial charge in [0, 0.05) is 31.4 Å². The summed E-state index contributed by atoms with van der Waals surface area (Å²) in [5, 5.41) is 0. The summed E-state index contributed by atoms with van der Waals surface area (Å²) in [5.41, 5.74) is 2.68. The Morgan fingerprint density at radius 2 is 1.90 bits per heavy atom. The van der Waals surface area contributed by atoms with Gasteiger partial charge in [0.15, 0.2) is 0 Å². The smallest absolute Gasteiger partial charge is 0.272 e. The zero-order valence-electron chi connectivity index (χ0n) is 18.8. The highest BCUT2D eigenvalue weighted by molar-refractivity contribution is 5.92. The number of benzene rings is 1. The lowest BCUT2D eigenvalue weighted by Crippen LogP contribution is -2.46. The Kier molecular flexibility index (Phi) is 7.17. The molecule has 1 unspecified atom stereocenters. The van der Waals surface area contributed by atoms with E-state index in [2.05, 4.69) is 33.1 Å². The zero-order chi connectivity index (χ0) is 21.6. The number of hydrogen-bond donors (Lipinski definition) is 0. The van der Waals surface area contributed by atoms with Crippen molar-refractivity contribution in [3.8, 4) is 5.75 Å². The molecular formula is C25H34N4O2. The van der Waals surface area contributed by atoms with Gasteiger partial charge >= 0.3 is 0 Å².